The Kier molecular flexibility index (Phi) is 7.14. The Labute approximate surface area is 203 Å². The smallest absolute Gasteiger partial charge is 0.157 e. The second-order valence-electron chi connectivity index (χ2n) is 11.4. The van der Waals surface area contributed by atoms with Crippen molar-refractivity contribution in [1.29, 1.82) is 0 Å². The molecule has 0 spiro atoms. The molecule has 5 N–H and O–H groups in total. The number of phenolic OH excluding ortho intramolecular Hbond substituents is 2. The van der Waals surface area contributed by atoms with Gasteiger partial charge in [0.25, 0.3) is 0 Å². The van der Waals surface area contributed by atoms with Crippen molar-refractivity contribution >= 4 is 5.78 Å². The quantitative estimate of drug-likeness (QED) is 0.422. The first-order chi connectivity index (χ1) is 16.1. The molecule has 34 heavy (non-hydrogen) atoms. The Morgan fingerprint density at radius 2 is 1.79 bits per heavy atom. The van der Waals surface area contributed by atoms with Crippen molar-refractivity contribution in [3.63, 3.8) is 0 Å². The van der Waals surface area contributed by atoms with Crippen molar-refractivity contribution in [2.75, 3.05) is 13.6 Å². The average Bonchev–Trinajstić information content (AvgIpc) is 3.11. The highest BCUT2D eigenvalue weighted by Gasteiger charge is 2.58. The number of carbonyl (C=O) groups is 1. The predicted octanol–water partition coefficient (Wildman–Crippen LogP) is 4.23. The van der Waals surface area contributed by atoms with Gasteiger partial charge in [-0.3, -0.25) is 4.79 Å². The molecule has 5 rings (SSSR count). The number of fused-ring (bicyclic) bond motifs is 5. The topological polar surface area (TPSA) is 110 Å². The Balaban J connectivity index is 0.000000182. The van der Waals surface area contributed by atoms with Crippen LogP contribution in [0.4, 0.5) is 0 Å². The number of aromatic hydroxyl groups is 2. The molecule has 0 aliphatic heterocycles. The minimum Gasteiger partial charge on any atom is -0.504 e. The number of nitrogens with one attached hydrogen (secondary N) is 1. The molecule has 3 saturated carbocycles. The molecular weight excluding hydrogens is 430 g/mol. The van der Waals surface area contributed by atoms with Crippen LogP contribution < -0.4 is 5.32 Å². The number of benzene rings is 1. The number of phenols is 2. The van der Waals surface area contributed by atoms with E-state index in [1.807, 2.05) is 6.08 Å². The van der Waals surface area contributed by atoms with E-state index >= 15 is 0 Å². The summed E-state index contributed by atoms with van der Waals surface area (Å²) >= 11 is 0. The molecule has 0 heterocycles. The number of rotatable bonds is 3. The standard InChI is InChI=1S/C19H28O2.C9H13NO3/c1-18-9-7-13(20)11-12(18)3-4-14-15-5-6-17(21)19(15,2)10-8-16(14)18;1-10-5-9(13)6-2-3-7(11)8(12)4-6/h11,14-17,21H,3-10H2,1-2H3;2-4,9-13H,5H2,1H3/t14-,15-,16-,17-,18-,19-;9-/m00/s1. The van der Waals surface area contributed by atoms with Crippen LogP contribution in [0.2, 0.25) is 0 Å². The number of ketones is 1. The molecule has 0 amide bonds. The minimum atomic E-state index is -0.670. The van der Waals surface area contributed by atoms with Gasteiger partial charge in [-0.25, -0.2) is 0 Å². The molecule has 188 valence electrons. The SMILES string of the molecule is CNC[C@H](O)c1ccc(O)c(O)c1.C[C@]12CC[C@H]3[C@@H](CCC4=CC(=O)CC[C@@]43C)[C@@H]1CC[C@@H]2O. The summed E-state index contributed by atoms with van der Waals surface area (Å²) in [5.41, 5.74) is 2.46. The number of likely N-dealkylation sites (N-methyl/N-ethyl adjacent to an activating group) is 1. The van der Waals surface area contributed by atoms with E-state index in [0.717, 1.165) is 37.5 Å². The van der Waals surface area contributed by atoms with Crippen LogP contribution in [0.5, 0.6) is 11.5 Å². The van der Waals surface area contributed by atoms with E-state index in [1.54, 1.807) is 13.1 Å². The molecule has 4 aliphatic carbocycles. The van der Waals surface area contributed by atoms with Crippen LogP contribution in [0, 0.1) is 28.6 Å². The van der Waals surface area contributed by atoms with E-state index in [1.165, 1.54) is 43.4 Å². The van der Waals surface area contributed by atoms with Crippen molar-refractivity contribution in [2.24, 2.45) is 28.6 Å². The van der Waals surface area contributed by atoms with Gasteiger partial charge in [0, 0.05) is 13.0 Å². The molecule has 0 radical (unpaired) electrons. The number of hydrogen-bond donors (Lipinski definition) is 5. The van der Waals surface area contributed by atoms with Crippen LogP contribution in [-0.4, -0.2) is 45.9 Å². The van der Waals surface area contributed by atoms with Crippen molar-refractivity contribution in [3.8, 4) is 11.5 Å². The van der Waals surface area contributed by atoms with E-state index < -0.39 is 6.10 Å². The molecule has 0 unspecified atom stereocenters. The second-order valence-corrected chi connectivity index (χ2v) is 11.4. The number of carbonyl (C=O) groups excluding carboxylic acids is 1. The summed E-state index contributed by atoms with van der Waals surface area (Å²) in [5.74, 6) is 2.18. The third-order valence-electron chi connectivity index (χ3n) is 9.69. The monoisotopic (exact) mass is 471 g/mol. The Bertz CT molecular complexity index is 945. The van der Waals surface area contributed by atoms with Gasteiger partial charge in [-0.05, 0) is 104 Å². The van der Waals surface area contributed by atoms with E-state index in [9.17, 15) is 15.0 Å². The molecule has 0 aromatic heterocycles. The fourth-order valence-electron chi connectivity index (χ4n) is 7.59. The van der Waals surface area contributed by atoms with Gasteiger partial charge in [-0.15, -0.1) is 0 Å². The van der Waals surface area contributed by atoms with Crippen LogP contribution in [0.25, 0.3) is 0 Å². The summed E-state index contributed by atoms with van der Waals surface area (Å²) in [6.07, 6.45) is 10.0. The average molecular weight is 472 g/mol. The predicted molar refractivity (Wildman–Crippen MR) is 131 cm³/mol. The maximum absolute atomic E-state index is 11.8. The molecule has 6 heteroatoms. The zero-order valence-corrected chi connectivity index (χ0v) is 20.8. The van der Waals surface area contributed by atoms with Gasteiger partial charge in [-0.1, -0.05) is 25.5 Å². The van der Waals surface area contributed by atoms with Crippen molar-refractivity contribution < 1.29 is 25.2 Å². The fourth-order valence-corrected chi connectivity index (χ4v) is 7.59. The maximum atomic E-state index is 11.8. The highest BCUT2D eigenvalue weighted by Crippen LogP contribution is 2.65. The normalized spacial score (nSPS) is 37.4. The Morgan fingerprint density at radius 1 is 1.03 bits per heavy atom. The first-order valence-electron chi connectivity index (χ1n) is 12.9. The van der Waals surface area contributed by atoms with Crippen molar-refractivity contribution in [1.82, 2.24) is 5.32 Å². The van der Waals surface area contributed by atoms with Gasteiger partial charge < -0.3 is 25.7 Å². The third-order valence-corrected chi connectivity index (χ3v) is 9.69. The number of aliphatic hydroxyl groups is 2. The van der Waals surface area contributed by atoms with E-state index in [0.29, 0.717) is 23.8 Å². The summed E-state index contributed by atoms with van der Waals surface area (Å²) in [7, 11) is 1.73. The highest BCUT2D eigenvalue weighted by atomic mass is 16.3. The Hall–Kier alpha value is -1.89. The summed E-state index contributed by atoms with van der Waals surface area (Å²) in [6.45, 7) is 5.17. The maximum Gasteiger partial charge on any atom is 0.157 e. The summed E-state index contributed by atoms with van der Waals surface area (Å²) in [4.78, 5) is 11.8. The van der Waals surface area contributed by atoms with Gasteiger partial charge >= 0.3 is 0 Å². The molecule has 1 aromatic rings. The summed E-state index contributed by atoms with van der Waals surface area (Å²) < 4.78 is 0. The van der Waals surface area contributed by atoms with Gasteiger partial charge in [0.2, 0.25) is 0 Å². The van der Waals surface area contributed by atoms with E-state index in [4.69, 9.17) is 10.2 Å². The summed E-state index contributed by atoms with van der Waals surface area (Å²) in [5, 5.41) is 40.9. The number of hydrogen-bond acceptors (Lipinski definition) is 6. The highest BCUT2D eigenvalue weighted by molar-refractivity contribution is 5.91. The molecule has 0 bridgehead atoms. The van der Waals surface area contributed by atoms with Crippen LogP contribution in [-0.2, 0) is 4.79 Å². The van der Waals surface area contributed by atoms with Gasteiger partial charge in [0.1, 0.15) is 0 Å². The van der Waals surface area contributed by atoms with Crippen LogP contribution in [0.15, 0.2) is 29.8 Å². The molecular formula is C28H41NO5. The van der Waals surface area contributed by atoms with Gasteiger partial charge in [-0.2, -0.15) is 0 Å². The van der Waals surface area contributed by atoms with Crippen LogP contribution in [0.3, 0.4) is 0 Å². The number of allylic oxidation sites excluding steroid dienone is 1. The van der Waals surface area contributed by atoms with Crippen molar-refractivity contribution in [2.45, 2.75) is 77.4 Å². The molecule has 6 nitrogen and oxygen atoms in total. The van der Waals surface area contributed by atoms with E-state index in [-0.39, 0.29) is 28.4 Å². The molecule has 0 saturated heterocycles. The number of aliphatic hydroxyl groups excluding tert-OH is 2. The molecule has 1 aromatic carbocycles. The zero-order chi connectivity index (χ0) is 24.7. The third kappa shape index (κ3) is 4.40. The lowest BCUT2D eigenvalue weighted by molar-refractivity contribution is -0.118. The largest absolute Gasteiger partial charge is 0.504 e. The minimum absolute atomic E-state index is 0.0823. The first kappa shape index (κ1) is 25.2. The summed E-state index contributed by atoms with van der Waals surface area (Å²) in [6, 6.07) is 4.26. The molecule has 3 fully saturated rings. The van der Waals surface area contributed by atoms with Crippen LogP contribution >= 0.6 is 0 Å². The molecule has 7 atom stereocenters. The zero-order valence-electron chi connectivity index (χ0n) is 20.8. The van der Waals surface area contributed by atoms with Crippen LogP contribution in [0.1, 0.15) is 76.9 Å². The second kappa shape index (κ2) is 9.63. The van der Waals surface area contributed by atoms with Gasteiger partial charge in [0.05, 0.1) is 12.2 Å². The van der Waals surface area contributed by atoms with Gasteiger partial charge in [0.15, 0.2) is 17.3 Å². The lowest BCUT2D eigenvalue weighted by atomic mass is 9.47. The lowest BCUT2D eigenvalue weighted by Gasteiger charge is -2.57. The first-order valence-corrected chi connectivity index (χ1v) is 12.9. The fraction of sp³-hybridized carbons (Fsp3) is 0.679. The lowest BCUT2D eigenvalue weighted by Crippen LogP contribution is -2.51. The molecule has 4 aliphatic rings. The Morgan fingerprint density at radius 3 is 2.50 bits per heavy atom. The van der Waals surface area contributed by atoms with Crippen molar-refractivity contribution in [3.05, 3.63) is 35.4 Å². The van der Waals surface area contributed by atoms with E-state index in [2.05, 4.69) is 19.2 Å².